The van der Waals surface area contributed by atoms with Crippen LogP contribution in [0.1, 0.15) is 59.8 Å². The summed E-state index contributed by atoms with van der Waals surface area (Å²) in [5, 5.41) is 2.32. The fourth-order valence-electron chi connectivity index (χ4n) is 7.62. The van der Waals surface area contributed by atoms with Crippen molar-refractivity contribution in [2.75, 3.05) is 57.4 Å². The zero-order chi connectivity index (χ0) is 35.0. The topological polar surface area (TPSA) is 91.4 Å². The number of nitrogens with zero attached hydrogens (tertiary/aromatic N) is 3. The van der Waals surface area contributed by atoms with Crippen LogP contribution in [0.25, 0.3) is 0 Å². The standard InChI is InChI=1S/C42H46N4O5/c47-39-22-24-46(42(49)43-39)34-15-19-36(20-16-34)51-30-40(48)45-27-25-44(26-28-45)23-6-7-29-50-35-17-12-33(13-18-35)41-37-11-5-4-10-32(37)14-21-38(41)31-8-2-1-3-9-31/h1-5,8-13,15-20,38,41H,6-7,14,21-30H2,(H,43,47,49). The van der Waals surface area contributed by atoms with Crippen LogP contribution in [0.2, 0.25) is 0 Å². The summed E-state index contributed by atoms with van der Waals surface area (Å²) in [6.07, 6.45) is 4.54. The number of carbonyl (C=O) groups excluding carboxylic acids is 3. The molecule has 1 aliphatic carbocycles. The lowest BCUT2D eigenvalue weighted by Gasteiger charge is -2.34. The van der Waals surface area contributed by atoms with Crippen LogP contribution in [-0.4, -0.2) is 80.1 Å². The lowest BCUT2D eigenvalue weighted by Crippen LogP contribution is -2.50. The molecule has 9 heteroatoms. The molecule has 0 spiro atoms. The molecule has 2 saturated heterocycles. The van der Waals surface area contributed by atoms with E-state index in [4.69, 9.17) is 9.47 Å². The van der Waals surface area contributed by atoms with Gasteiger partial charge >= 0.3 is 6.03 Å². The quantitative estimate of drug-likeness (QED) is 0.174. The number of imide groups is 1. The first-order valence-corrected chi connectivity index (χ1v) is 18.2. The molecule has 2 fully saturated rings. The van der Waals surface area contributed by atoms with Crippen molar-refractivity contribution in [2.45, 2.75) is 43.9 Å². The molecule has 2 aliphatic heterocycles. The highest BCUT2D eigenvalue weighted by Gasteiger charge is 2.32. The maximum Gasteiger partial charge on any atom is 0.328 e. The average molecular weight is 687 g/mol. The zero-order valence-electron chi connectivity index (χ0n) is 29.0. The van der Waals surface area contributed by atoms with Crippen molar-refractivity contribution in [3.8, 4) is 11.5 Å². The van der Waals surface area contributed by atoms with Crippen LogP contribution in [-0.2, 0) is 16.0 Å². The van der Waals surface area contributed by atoms with Gasteiger partial charge in [-0.3, -0.25) is 24.7 Å². The van der Waals surface area contributed by atoms with Gasteiger partial charge in [-0.2, -0.15) is 0 Å². The summed E-state index contributed by atoms with van der Waals surface area (Å²) in [4.78, 5) is 42.1. The SMILES string of the molecule is O=C1CCN(c2ccc(OCC(=O)N3CCN(CCCCOc4ccc(C5c6ccccc6CCC5c5ccccc5)cc4)CC3)cc2)C(=O)N1. The number of fused-ring (bicyclic) bond motifs is 1. The minimum atomic E-state index is -0.428. The summed E-state index contributed by atoms with van der Waals surface area (Å²) in [5.41, 5.74) is 6.33. The number of urea groups is 1. The fourth-order valence-corrected chi connectivity index (χ4v) is 7.62. The molecule has 2 atom stereocenters. The second-order valence-corrected chi connectivity index (χ2v) is 13.6. The smallest absolute Gasteiger partial charge is 0.328 e. The average Bonchev–Trinajstić information content (AvgIpc) is 3.17. The summed E-state index contributed by atoms with van der Waals surface area (Å²) in [7, 11) is 0. The highest BCUT2D eigenvalue weighted by atomic mass is 16.5. The van der Waals surface area contributed by atoms with Crippen molar-refractivity contribution in [2.24, 2.45) is 0 Å². The van der Waals surface area contributed by atoms with Crippen molar-refractivity contribution in [3.05, 3.63) is 125 Å². The third-order valence-corrected chi connectivity index (χ3v) is 10.4. The van der Waals surface area contributed by atoms with E-state index >= 15 is 0 Å². The number of anilines is 1. The van der Waals surface area contributed by atoms with E-state index in [-0.39, 0.29) is 24.8 Å². The number of aryl methyl sites for hydroxylation is 1. The third-order valence-electron chi connectivity index (χ3n) is 10.4. The molecule has 2 heterocycles. The Morgan fingerprint density at radius 3 is 2.18 bits per heavy atom. The Morgan fingerprint density at radius 2 is 1.41 bits per heavy atom. The largest absolute Gasteiger partial charge is 0.494 e. The van der Waals surface area contributed by atoms with Crippen LogP contribution in [0.5, 0.6) is 11.5 Å². The Kier molecular flexibility index (Phi) is 10.9. The van der Waals surface area contributed by atoms with Crippen LogP contribution in [0, 0.1) is 0 Å². The maximum atomic E-state index is 12.8. The number of hydrogen-bond donors (Lipinski definition) is 1. The number of benzene rings is 4. The van der Waals surface area contributed by atoms with Gasteiger partial charge in [-0.05, 0) is 96.8 Å². The number of nitrogens with one attached hydrogen (secondary N) is 1. The summed E-state index contributed by atoms with van der Waals surface area (Å²) in [5.74, 6) is 1.96. The number of piperazine rings is 1. The third kappa shape index (κ3) is 8.43. The molecule has 4 amide bonds. The first kappa shape index (κ1) is 34.3. The molecule has 0 saturated carbocycles. The van der Waals surface area contributed by atoms with Gasteiger partial charge in [-0.1, -0.05) is 66.7 Å². The molecule has 51 heavy (non-hydrogen) atoms. The lowest BCUT2D eigenvalue weighted by atomic mass is 9.69. The Bertz CT molecular complexity index is 1790. The normalized spacial score (nSPS) is 19.3. The molecule has 0 radical (unpaired) electrons. The summed E-state index contributed by atoms with van der Waals surface area (Å²) in [6, 6.07) is 35.2. The Morgan fingerprint density at radius 1 is 0.706 bits per heavy atom. The number of unbranched alkanes of at least 4 members (excludes halogenated alkanes) is 1. The molecule has 0 bridgehead atoms. The first-order valence-electron chi connectivity index (χ1n) is 18.2. The Labute approximate surface area is 300 Å². The van der Waals surface area contributed by atoms with Gasteiger partial charge in [0.15, 0.2) is 6.61 Å². The molecule has 4 aromatic carbocycles. The van der Waals surface area contributed by atoms with Crippen molar-refractivity contribution in [1.29, 1.82) is 0 Å². The van der Waals surface area contributed by atoms with Gasteiger partial charge in [0.2, 0.25) is 5.91 Å². The molecule has 1 N–H and O–H groups in total. The number of rotatable bonds is 12. The van der Waals surface area contributed by atoms with E-state index in [0.29, 0.717) is 49.5 Å². The van der Waals surface area contributed by atoms with Crippen molar-refractivity contribution < 1.29 is 23.9 Å². The predicted octanol–water partition coefficient (Wildman–Crippen LogP) is 6.38. The van der Waals surface area contributed by atoms with Crippen molar-refractivity contribution in [1.82, 2.24) is 15.1 Å². The second kappa shape index (κ2) is 16.2. The molecule has 9 nitrogen and oxygen atoms in total. The Hall–Kier alpha value is -5.15. The van der Waals surface area contributed by atoms with Crippen molar-refractivity contribution >= 4 is 23.5 Å². The van der Waals surface area contributed by atoms with E-state index in [9.17, 15) is 14.4 Å². The molecular weight excluding hydrogens is 640 g/mol. The van der Waals surface area contributed by atoms with Gasteiger partial charge in [-0.15, -0.1) is 0 Å². The molecule has 7 rings (SSSR count). The highest BCUT2D eigenvalue weighted by Crippen LogP contribution is 2.46. The lowest BCUT2D eigenvalue weighted by molar-refractivity contribution is -0.135. The van der Waals surface area contributed by atoms with E-state index in [0.717, 1.165) is 51.1 Å². The van der Waals surface area contributed by atoms with Crippen LogP contribution in [0.15, 0.2) is 103 Å². The van der Waals surface area contributed by atoms with Gasteiger partial charge in [0.05, 0.1) is 6.61 Å². The molecule has 264 valence electrons. The summed E-state index contributed by atoms with van der Waals surface area (Å²) in [6.45, 7) is 5.03. The molecular formula is C42H46N4O5. The van der Waals surface area contributed by atoms with Gasteiger partial charge in [-0.25, -0.2) is 4.79 Å². The molecule has 4 aromatic rings. The molecule has 0 aromatic heterocycles. The Balaban J connectivity index is 0.809. The maximum absolute atomic E-state index is 12.8. The predicted molar refractivity (Wildman–Crippen MR) is 197 cm³/mol. The van der Waals surface area contributed by atoms with Gasteiger partial charge < -0.3 is 14.4 Å². The fraction of sp³-hybridized carbons (Fsp3) is 0.357. The second-order valence-electron chi connectivity index (χ2n) is 13.6. The number of ether oxygens (including phenoxy) is 2. The van der Waals surface area contributed by atoms with Crippen LogP contribution in [0.4, 0.5) is 10.5 Å². The minimum Gasteiger partial charge on any atom is -0.494 e. The van der Waals surface area contributed by atoms with E-state index in [1.807, 2.05) is 4.90 Å². The van der Waals surface area contributed by atoms with Crippen LogP contribution in [0.3, 0.4) is 0 Å². The van der Waals surface area contributed by atoms with Crippen LogP contribution < -0.4 is 19.7 Å². The summed E-state index contributed by atoms with van der Waals surface area (Å²) < 4.78 is 11.9. The van der Waals surface area contributed by atoms with Gasteiger partial charge in [0, 0.05) is 50.7 Å². The van der Waals surface area contributed by atoms with Gasteiger partial charge in [0.25, 0.3) is 5.91 Å². The summed E-state index contributed by atoms with van der Waals surface area (Å²) >= 11 is 0. The molecule has 3 aliphatic rings. The first-order chi connectivity index (χ1) is 25.0. The van der Waals surface area contributed by atoms with E-state index < -0.39 is 6.03 Å². The number of amides is 4. The minimum absolute atomic E-state index is 0.0298. The number of carbonyl (C=O) groups is 3. The monoisotopic (exact) mass is 686 g/mol. The van der Waals surface area contributed by atoms with Gasteiger partial charge in [0.1, 0.15) is 11.5 Å². The van der Waals surface area contributed by atoms with E-state index in [1.165, 1.54) is 27.2 Å². The highest BCUT2D eigenvalue weighted by molar-refractivity contribution is 6.05. The van der Waals surface area contributed by atoms with Crippen LogP contribution >= 0.6 is 0 Å². The van der Waals surface area contributed by atoms with E-state index in [1.54, 1.807) is 24.3 Å². The van der Waals surface area contributed by atoms with Crippen molar-refractivity contribution in [3.63, 3.8) is 0 Å². The number of hydrogen-bond acceptors (Lipinski definition) is 6. The molecule has 2 unspecified atom stereocenters. The zero-order valence-corrected chi connectivity index (χ0v) is 29.0. The van der Waals surface area contributed by atoms with E-state index in [2.05, 4.69) is 89.1 Å².